The van der Waals surface area contributed by atoms with Crippen LogP contribution in [0.25, 0.3) is 0 Å². The Balaban J connectivity index is 2.21. The fourth-order valence-corrected chi connectivity index (χ4v) is 7.32. The molecule has 0 aliphatic heterocycles. The normalized spacial score (nSPS) is 37.0. The number of hydrogen-bond donors (Lipinski definition) is 1. The van der Waals surface area contributed by atoms with Crippen LogP contribution < -0.4 is 5.32 Å². The van der Waals surface area contributed by atoms with Crippen LogP contribution in [0, 0.1) is 11.8 Å². The van der Waals surface area contributed by atoms with Crippen molar-refractivity contribution in [1.82, 2.24) is 5.32 Å². The maximum atomic E-state index is 13.1. The van der Waals surface area contributed by atoms with Gasteiger partial charge in [0, 0.05) is 6.04 Å². The van der Waals surface area contributed by atoms with E-state index in [1.54, 1.807) is 0 Å². The van der Waals surface area contributed by atoms with Crippen LogP contribution in [0.4, 0.5) is 0 Å². The first-order valence-electron chi connectivity index (χ1n) is 8.42. The van der Waals surface area contributed by atoms with Crippen molar-refractivity contribution in [3.05, 3.63) is 0 Å². The Bertz CT molecular complexity index is 401. The minimum Gasteiger partial charge on any atom is -0.313 e. The molecule has 0 saturated heterocycles. The second-order valence-corrected chi connectivity index (χ2v) is 9.42. The Hall–Kier alpha value is -0.0900. The second kappa shape index (κ2) is 6.78. The summed E-state index contributed by atoms with van der Waals surface area (Å²) in [5, 5.41) is 3.23. The Morgan fingerprint density at radius 3 is 2.30 bits per heavy atom. The van der Waals surface area contributed by atoms with Gasteiger partial charge < -0.3 is 5.32 Å². The van der Waals surface area contributed by atoms with Crippen molar-refractivity contribution in [2.24, 2.45) is 11.8 Å². The Kier molecular flexibility index (Phi) is 5.52. The van der Waals surface area contributed by atoms with Crippen LogP contribution in [0.15, 0.2) is 0 Å². The third-order valence-corrected chi connectivity index (χ3v) is 8.20. The summed E-state index contributed by atoms with van der Waals surface area (Å²) in [5.74, 6) is 0.918. The van der Waals surface area contributed by atoms with Crippen LogP contribution in [0.3, 0.4) is 0 Å². The first kappa shape index (κ1) is 16.3. The fourth-order valence-electron chi connectivity index (χ4n) is 4.46. The summed E-state index contributed by atoms with van der Waals surface area (Å²) in [6.07, 6.45) is 7.23. The maximum Gasteiger partial charge on any atom is 0.157 e. The van der Waals surface area contributed by atoms with E-state index >= 15 is 0 Å². The summed E-state index contributed by atoms with van der Waals surface area (Å²) >= 11 is 0. The molecule has 0 aromatic heterocycles. The molecular formula is C16H31NO2S. The number of sulfone groups is 1. The molecule has 20 heavy (non-hydrogen) atoms. The van der Waals surface area contributed by atoms with Crippen LogP contribution in [-0.4, -0.2) is 31.5 Å². The van der Waals surface area contributed by atoms with E-state index in [-0.39, 0.29) is 22.5 Å². The number of rotatable bonds is 4. The molecule has 0 aromatic rings. The van der Waals surface area contributed by atoms with Crippen molar-refractivity contribution < 1.29 is 8.42 Å². The summed E-state index contributed by atoms with van der Waals surface area (Å²) in [4.78, 5) is 0. The Morgan fingerprint density at radius 1 is 1.05 bits per heavy atom. The van der Waals surface area contributed by atoms with E-state index < -0.39 is 9.84 Å². The molecule has 0 heterocycles. The Labute approximate surface area is 124 Å². The molecule has 4 unspecified atom stereocenters. The predicted octanol–water partition coefficient (Wildman–Crippen LogP) is 3.15. The van der Waals surface area contributed by atoms with Gasteiger partial charge in [0.15, 0.2) is 9.84 Å². The lowest BCUT2D eigenvalue weighted by atomic mass is 9.80. The number of hydrogen-bond acceptors (Lipinski definition) is 3. The zero-order valence-corrected chi connectivity index (χ0v) is 14.1. The van der Waals surface area contributed by atoms with Gasteiger partial charge in [0.05, 0.1) is 10.5 Å². The van der Waals surface area contributed by atoms with Gasteiger partial charge in [-0.3, -0.25) is 0 Å². The van der Waals surface area contributed by atoms with Crippen molar-refractivity contribution in [3.63, 3.8) is 0 Å². The predicted molar refractivity (Wildman–Crippen MR) is 84.6 cm³/mol. The Morgan fingerprint density at radius 2 is 1.70 bits per heavy atom. The van der Waals surface area contributed by atoms with Crippen molar-refractivity contribution in [3.8, 4) is 0 Å². The molecular weight excluding hydrogens is 270 g/mol. The highest BCUT2D eigenvalue weighted by Crippen LogP contribution is 2.37. The second-order valence-electron chi connectivity index (χ2n) is 7.03. The molecule has 2 aliphatic rings. The van der Waals surface area contributed by atoms with Crippen LogP contribution in [0.5, 0.6) is 0 Å². The third kappa shape index (κ3) is 3.38. The van der Waals surface area contributed by atoms with Gasteiger partial charge in [-0.25, -0.2) is 8.42 Å². The van der Waals surface area contributed by atoms with Crippen molar-refractivity contribution in [1.29, 1.82) is 0 Å². The molecule has 2 fully saturated rings. The van der Waals surface area contributed by atoms with Gasteiger partial charge in [0.1, 0.15) is 0 Å². The van der Waals surface area contributed by atoms with E-state index in [2.05, 4.69) is 26.1 Å². The minimum absolute atomic E-state index is 0.0711. The highest BCUT2D eigenvalue weighted by atomic mass is 32.2. The first-order valence-corrected chi connectivity index (χ1v) is 10.0. The lowest BCUT2D eigenvalue weighted by molar-refractivity contribution is 0.242. The van der Waals surface area contributed by atoms with E-state index in [9.17, 15) is 8.42 Å². The smallest absolute Gasteiger partial charge is 0.157 e. The summed E-state index contributed by atoms with van der Waals surface area (Å²) < 4.78 is 26.2. The fraction of sp³-hybridized carbons (Fsp3) is 1.00. The van der Waals surface area contributed by atoms with E-state index in [0.29, 0.717) is 5.92 Å². The van der Waals surface area contributed by atoms with Gasteiger partial charge in [-0.2, -0.15) is 0 Å². The molecule has 0 amide bonds. The average molecular weight is 301 g/mol. The van der Waals surface area contributed by atoms with E-state index in [0.717, 1.165) is 45.1 Å². The van der Waals surface area contributed by atoms with Gasteiger partial charge >= 0.3 is 0 Å². The molecule has 118 valence electrons. The lowest BCUT2D eigenvalue weighted by Crippen LogP contribution is -2.54. The maximum absolute atomic E-state index is 13.1. The topological polar surface area (TPSA) is 46.2 Å². The van der Waals surface area contributed by atoms with Crippen LogP contribution in [0.2, 0.25) is 0 Å². The van der Waals surface area contributed by atoms with Crippen LogP contribution >= 0.6 is 0 Å². The molecule has 0 aromatic carbocycles. The zero-order chi connectivity index (χ0) is 14.8. The van der Waals surface area contributed by atoms with Gasteiger partial charge in [-0.05, 0) is 44.1 Å². The molecule has 3 nitrogen and oxygen atoms in total. The van der Waals surface area contributed by atoms with Crippen LogP contribution in [-0.2, 0) is 9.84 Å². The van der Waals surface area contributed by atoms with Gasteiger partial charge in [0.2, 0.25) is 0 Å². The molecule has 0 spiro atoms. The van der Waals surface area contributed by atoms with Crippen molar-refractivity contribution in [2.45, 2.75) is 82.3 Å². The van der Waals surface area contributed by atoms with Gasteiger partial charge in [-0.1, -0.05) is 40.0 Å². The third-order valence-electron chi connectivity index (χ3n) is 5.25. The molecule has 2 rings (SSSR count). The van der Waals surface area contributed by atoms with Gasteiger partial charge in [0.25, 0.3) is 0 Å². The first-order chi connectivity index (χ1) is 9.46. The summed E-state index contributed by atoms with van der Waals surface area (Å²) in [5.41, 5.74) is 0. The highest BCUT2D eigenvalue weighted by Gasteiger charge is 2.45. The van der Waals surface area contributed by atoms with Gasteiger partial charge in [-0.15, -0.1) is 0 Å². The SMILES string of the molecule is CCNC1CC(C)CC(C)C1S(=O)(=O)C1CCCCC1. The van der Waals surface area contributed by atoms with E-state index in [4.69, 9.17) is 0 Å². The zero-order valence-electron chi connectivity index (χ0n) is 13.3. The molecule has 4 heteroatoms. The standard InChI is InChI=1S/C16H31NO2S/c1-4-17-15-11-12(2)10-13(3)16(15)20(18,19)14-8-6-5-7-9-14/h12-17H,4-11H2,1-3H3. The summed E-state index contributed by atoms with van der Waals surface area (Å²) in [6, 6.07) is 0.158. The highest BCUT2D eigenvalue weighted by molar-refractivity contribution is 7.92. The minimum atomic E-state index is -2.99. The summed E-state index contributed by atoms with van der Waals surface area (Å²) in [6.45, 7) is 7.34. The van der Waals surface area contributed by atoms with E-state index in [1.807, 2.05) is 0 Å². The van der Waals surface area contributed by atoms with E-state index in [1.165, 1.54) is 6.42 Å². The van der Waals surface area contributed by atoms with Crippen molar-refractivity contribution >= 4 is 9.84 Å². The average Bonchev–Trinajstić information content (AvgIpc) is 2.39. The molecule has 0 bridgehead atoms. The molecule has 4 atom stereocenters. The lowest BCUT2D eigenvalue weighted by Gasteiger charge is -2.41. The summed E-state index contributed by atoms with van der Waals surface area (Å²) in [7, 11) is -2.99. The largest absolute Gasteiger partial charge is 0.313 e. The molecule has 1 N–H and O–H groups in total. The molecule has 2 saturated carbocycles. The number of nitrogens with one attached hydrogen (secondary N) is 1. The van der Waals surface area contributed by atoms with Crippen molar-refractivity contribution in [2.75, 3.05) is 6.54 Å². The quantitative estimate of drug-likeness (QED) is 0.867. The van der Waals surface area contributed by atoms with Crippen LogP contribution in [0.1, 0.15) is 65.7 Å². The molecule has 2 aliphatic carbocycles. The monoisotopic (exact) mass is 301 g/mol. The molecule has 0 radical (unpaired) electrons.